The molecule has 1 aromatic carbocycles. The molecular formula is C10H12N2O3S. The van der Waals surface area contributed by atoms with Crippen molar-refractivity contribution < 1.29 is 13.2 Å². The van der Waals surface area contributed by atoms with Gasteiger partial charge in [-0.05, 0) is 30.7 Å². The molecule has 0 radical (unpaired) electrons. The van der Waals surface area contributed by atoms with Crippen LogP contribution in [0.3, 0.4) is 0 Å². The number of anilines is 1. The predicted octanol–water partition coefficient (Wildman–Crippen LogP) is 0.767. The molecule has 1 aromatic rings. The number of benzene rings is 1. The van der Waals surface area contributed by atoms with E-state index in [4.69, 9.17) is 5.14 Å². The van der Waals surface area contributed by atoms with Crippen LogP contribution in [0.25, 0.3) is 0 Å². The number of nitrogens with one attached hydrogen (secondary N) is 1. The van der Waals surface area contributed by atoms with E-state index < -0.39 is 15.9 Å². The number of primary sulfonamides is 1. The van der Waals surface area contributed by atoms with E-state index in [1.165, 1.54) is 12.1 Å². The van der Waals surface area contributed by atoms with Gasteiger partial charge in [-0.2, -0.15) is 0 Å². The molecule has 0 aliphatic rings. The van der Waals surface area contributed by atoms with Gasteiger partial charge in [0.1, 0.15) is 0 Å². The van der Waals surface area contributed by atoms with Gasteiger partial charge >= 0.3 is 0 Å². The number of amides is 1. The van der Waals surface area contributed by atoms with Gasteiger partial charge in [-0.25, -0.2) is 13.6 Å². The van der Waals surface area contributed by atoms with Gasteiger partial charge in [0.15, 0.2) is 0 Å². The summed E-state index contributed by atoms with van der Waals surface area (Å²) in [7, 11) is -3.78. The number of sulfonamides is 1. The van der Waals surface area contributed by atoms with E-state index in [0.29, 0.717) is 11.3 Å². The van der Waals surface area contributed by atoms with Crippen LogP contribution in [0.5, 0.6) is 0 Å². The van der Waals surface area contributed by atoms with Crippen LogP contribution >= 0.6 is 0 Å². The Morgan fingerprint density at radius 3 is 2.62 bits per heavy atom. The highest BCUT2D eigenvalue weighted by Gasteiger charge is 2.14. The van der Waals surface area contributed by atoms with Gasteiger partial charge in [-0.3, -0.25) is 4.79 Å². The molecule has 1 rings (SSSR count). The molecule has 0 unspecified atom stereocenters. The molecule has 0 aromatic heterocycles. The first-order chi connectivity index (χ1) is 7.36. The Labute approximate surface area is 94.0 Å². The highest BCUT2D eigenvalue weighted by atomic mass is 32.2. The van der Waals surface area contributed by atoms with Crippen LogP contribution in [0, 0.1) is 6.92 Å². The number of hydrogen-bond donors (Lipinski definition) is 2. The molecule has 0 saturated carbocycles. The topological polar surface area (TPSA) is 89.3 Å². The molecule has 16 heavy (non-hydrogen) atoms. The largest absolute Gasteiger partial charge is 0.322 e. The van der Waals surface area contributed by atoms with Crippen molar-refractivity contribution in [2.45, 2.75) is 11.8 Å². The SMILES string of the molecule is C=CC(=O)Nc1cccc(S(N)(=O)=O)c1C. The standard InChI is InChI=1S/C10H12N2O3S/c1-3-10(13)12-8-5-4-6-9(7(8)2)16(11,14)15/h3-6H,1H2,2H3,(H,12,13)(H2,11,14,15). The third-order valence-electron chi connectivity index (χ3n) is 2.03. The fourth-order valence-corrected chi connectivity index (χ4v) is 2.05. The van der Waals surface area contributed by atoms with Crippen molar-refractivity contribution in [3.05, 3.63) is 36.4 Å². The van der Waals surface area contributed by atoms with Crippen molar-refractivity contribution in [3.63, 3.8) is 0 Å². The molecule has 0 aliphatic heterocycles. The Morgan fingerprint density at radius 1 is 1.50 bits per heavy atom. The Hall–Kier alpha value is -1.66. The van der Waals surface area contributed by atoms with E-state index in [2.05, 4.69) is 11.9 Å². The van der Waals surface area contributed by atoms with Crippen molar-refractivity contribution in [3.8, 4) is 0 Å². The summed E-state index contributed by atoms with van der Waals surface area (Å²) in [6, 6.07) is 4.48. The fraction of sp³-hybridized carbons (Fsp3) is 0.100. The third-order valence-corrected chi connectivity index (χ3v) is 3.09. The van der Waals surface area contributed by atoms with Crippen LogP contribution in [0.2, 0.25) is 0 Å². The highest BCUT2D eigenvalue weighted by Crippen LogP contribution is 2.21. The monoisotopic (exact) mass is 240 g/mol. The summed E-state index contributed by atoms with van der Waals surface area (Å²) < 4.78 is 22.4. The lowest BCUT2D eigenvalue weighted by Crippen LogP contribution is -2.15. The summed E-state index contributed by atoms with van der Waals surface area (Å²) >= 11 is 0. The Bertz CT molecular complexity index is 535. The lowest BCUT2D eigenvalue weighted by Gasteiger charge is -2.09. The molecule has 5 nitrogen and oxygen atoms in total. The first-order valence-corrected chi connectivity index (χ1v) is 5.96. The smallest absolute Gasteiger partial charge is 0.247 e. The van der Waals surface area contributed by atoms with Crippen LogP contribution in [0.15, 0.2) is 35.7 Å². The van der Waals surface area contributed by atoms with E-state index >= 15 is 0 Å². The number of carbonyl (C=O) groups excluding carboxylic acids is 1. The molecule has 6 heteroatoms. The summed E-state index contributed by atoms with van der Waals surface area (Å²) in [5.74, 6) is -0.408. The first-order valence-electron chi connectivity index (χ1n) is 4.42. The van der Waals surface area contributed by atoms with Crippen molar-refractivity contribution in [2.75, 3.05) is 5.32 Å². The fourth-order valence-electron chi connectivity index (χ4n) is 1.24. The molecular weight excluding hydrogens is 228 g/mol. The lowest BCUT2D eigenvalue weighted by molar-refractivity contribution is -0.111. The van der Waals surface area contributed by atoms with E-state index in [0.717, 1.165) is 6.08 Å². The normalized spacial score (nSPS) is 10.9. The van der Waals surface area contributed by atoms with E-state index in [9.17, 15) is 13.2 Å². The molecule has 1 amide bonds. The zero-order chi connectivity index (χ0) is 12.3. The molecule has 0 bridgehead atoms. The lowest BCUT2D eigenvalue weighted by atomic mass is 10.2. The predicted molar refractivity (Wildman–Crippen MR) is 61.4 cm³/mol. The van der Waals surface area contributed by atoms with Gasteiger partial charge in [0.2, 0.25) is 15.9 Å². The molecule has 0 heterocycles. The minimum Gasteiger partial charge on any atom is -0.322 e. The van der Waals surface area contributed by atoms with Gasteiger partial charge in [0, 0.05) is 5.69 Å². The maximum Gasteiger partial charge on any atom is 0.247 e. The Balaban J connectivity index is 3.24. The van der Waals surface area contributed by atoms with Gasteiger partial charge < -0.3 is 5.32 Å². The Morgan fingerprint density at radius 2 is 2.12 bits per heavy atom. The second-order valence-electron chi connectivity index (χ2n) is 3.17. The van der Waals surface area contributed by atoms with E-state index in [1.807, 2.05) is 0 Å². The maximum atomic E-state index is 11.2. The first kappa shape index (κ1) is 12.4. The number of rotatable bonds is 3. The zero-order valence-corrected chi connectivity index (χ0v) is 9.54. The number of carbonyl (C=O) groups is 1. The molecule has 0 saturated heterocycles. The minimum atomic E-state index is -3.78. The average Bonchev–Trinajstić information content (AvgIpc) is 2.19. The van der Waals surface area contributed by atoms with Crippen LogP contribution < -0.4 is 10.5 Å². The van der Waals surface area contributed by atoms with Crippen molar-refractivity contribution in [1.29, 1.82) is 0 Å². The molecule has 0 fully saturated rings. The van der Waals surface area contributed by atoms with Gasteiger partial charge in [-0.15, -0.1) is 0 Å². The Kier molecular flexibility index (Phi) is 3.46. The summed E-state index contributed by atoms with van der Waals surface area (Å²) in [5.41, 5.74) is 0.802. The van der Waals surface area contributed by atoms with Crippen LogP contribution in [-0.2, 0) is 14.8 Å². The summed E-state index contributed by atoms with van der Waals surface area (Å²) in [4.78, 5) is 11.1. The maximum absolute atomic E-state index is 11.2. The van der Waals surface area contributed by atoms with Crippen LogP contribution in [0.4, 0.5) is 5.69 Å². The van der Waals surface area contributed by atoms with Gasteiger partial charge in [-0.1, -0.05) is 12.6 Å². The summed E-state index contributed by atoms with van der Waals surface area (Å²) in [6.45, 7) is 4.87. The minimum absolute atomic E-state index is 0.00522. The van der Waals surface area contributed by atoms with Gasteiger partial charge in [0.25, 0.3) is 0 Å². The summed E-state index contributed by atoms with van der Waals surface area (Å²) in [6.07, 6.45) is 1.10. The van der Waals surface area contributed by atoms with E-state index in [1.54, 1.807) is 13.0 Å². The molecule has 0 atom stereocenters. The molecule has 0 aliphatic carbocycles. The van der Waals surface area contributed by atoms with E-state index in [-0.39, 0.29) is 4.90 Å². The zero-order valence-electron chi connectivity index (χ0n) is 8.73. The second-order valence-corrected chi connectivity index (χ2v) is 4.70. The second kappa shape index (κ2) is 4.46. The average molecular weight is 240 g/mol. The molecule has 0 spiro atoms. The number of hydrogen-bond acceptors (Lipinski definition) is 3. The number of nitrogens with two attached hydrogens (primary N) is 1. The summed E-state index contributed by atoms with van der Waals surface area (Å²) in [5, 5.41) is 7.52. The van der Waals surface area contributed by atoms with Gasteiger partial charge in [0.05, 0.1) is 4.90 Å². The van der Waals surface area contributed by atoms with Crippen molar-refractivity contribution in [1.82, 2.24) is 0 Å². The third kappa shape index (κ3) is 2.68. The van der Waals surface area contributed by atoms with Crippen LogP contribution in [-0.4, -0.2) is 14.3 Å². The quantitative estimate of drug-likeness (QED) is 0.764. The van der Waals surface area contributed by atoms with Crippen LogP contribution in [0.1, 0.15) is 5.56 Å². The highest BCUT2D eigenvalue weighted by molar-refractivity contribution is 7.89. The molecule has 86 valence electrons. The van der Waals surface area contributed by atoms with Crippen molar-refractivity contribution >= 4 is 21.6 Å². The molecule has 3 N–H and O–H groups in total. The van der Waals surface area contributed by atoms with Crippen molar-refractivity contribution in [2.24, 2.45) is 5.14 Å².